The molecule has 0 saturated heterocycles. The van der Waals surface area contributed by atoms with Gasteiger partial charge in [-0.2, -0.15) is 0 Å². The van der Waals surface area contributed by atoms with Gasteiger partial charge in [0.05, 0.1) is 22.1 Å². The van der Waals surface area contributed by atoms with Crippen molar-refractivity contribution < 1.29 is 14.3 Å². The molecule has 0 fully saturated rings. The Morgan fingerprint density at radius 3 is 2.54 bits per heavy atom. The van der Waals surface area contributed by atoms with Crippen LogP contribution in [0.4, 0.5) is 10.8 Å². The number of ether oxygens (including phenoxy) is 1. The molecular formula is C20H21N3O3S2. The molecule has 0 unspecified atom stereocenters. The summed E-state index contributed by atoms with van der Waals surface area (Å²) >= 11 is 2.66. The Kier molecular flexibility index (Phi) is 5.90. The molecule has 0 N–H and O–H groups in total. The van der Waals surface area contributed by atoms with E-state index in [1.807, 2.05) is 39.0 Å². The van der Waals surface area contributed by atoms with E-state index >= 15 is 0 Å². The molecule has 0 saturated carbocycles. The Hall–Kier alpha value is -2.58. The summed E-state index contributed by atoms with van der Waals surface area (Å²) in [4.78, 5) is 35.4. The summed E-state index contributed by atoms with van der Waals surface area (Å²) in [7, 11) is 0. The highest BCUT2D eigenvalue weighted by Crippen LogP contribution is 2.32. The molecule has 0 atom stereocenters. The highest BCUT2D eigenvalue weighted by Gasteiger charge is 2.21. The third-order valence-corrected chi connectivity index (χ3v) is 6.23. The zero-order chi connectivity index (χ0) is 20.4. The van der Waals surface area contributed by atoms with E-state index in [-0.39, 0.29) is 12.5 Å². The van der Waals surface area contributed by atoms with Crippen molar-refractivity contribution in [2.75, 3.05) is 4.90 Å². The van der Waals surface area contributed by atoms with Gasteiger partial charge in [-0.3, -0.25) is 9.69 Å². The molecule has 0 bridgehead atoms. The number of aromatic nitrogens is 2. The quantitative estimate of drug-likeness (QED) is 0.556. The van der Waals surface area contributed by atoms with Crippen LogP contribution < -0.4 is 4.90 Å². The average molecular weight is 416 g/mol. The summed E-state index contributed by atoms with van der Waals surface area (Å²) in [6.07, 6.45) is 0. The van der Waals surface area contributed by atoms with Crippen LogP contribution in [0, 0.1) is 27.7 Å². The van der Waals surface area contributed by atoms with Crippen LogP contribution in [-0.4, -0.2) is 21.8 Å². The van der Waals surface area contributed by atoms with E-state index in [2.05, 4.69) is 9.97 Å². The highest BCUT2D eigenvalue weighted by molar-refractivity contribution is 7.14. The smallest absolute Gasteiger partial charge is 0.350 e. The van der Waals surface area contributed by atoms with Crippen LogP contribution in [0.15, 0.2) is 23.6 Å². The Morgan fingerprint density at radius 2 is 1.89 bits per heavy atom. The van der Waals surface area contributed by atoms with Crippen molar-refractivity contribution in [2.24, 2.45) is 0 Å². The van der Waals surface area contributed by atoms with Crippen molar-refractivity contribution in [1.82, 2.24) is 9.97 Å². The molecular weight excluding hydrogens is 394 g/mol. The van der Waals surface area contributed by atoms with Gasteiger partial charge < -0.3 is 4.74 Å². The molecule has 8 heteroatoms. The molecule has 0 aliphatic carbocycles. The maximum absolute atomic E-state index is 12.3. The van der Waals surface area contributed by atoms with E-state index in [9.17, 15) is 9.59 Å². The van der Waals surface area contributed by atoms with Crippen molar-refractivity contribution in [3.63, 3.8) is 0 Å². The van der Waals surface area contributed by atoms with Crippen LogP contribution in [0.2, 0.25) is 0 Å². The lowest BCUT2D eigenvalue weighted by Gasteiger charge is -2.21. The van der Waals surface area contributed by atoms with E-state index < -0.39 is 5.97 Å². The number of carbonyl (C=O) groups excluding carboxylic acids is 2. The number of hydrogen-bond donors (Lipinski definition) is 0. The van der Waals surface area contributed by atoms with Gasteiger partial charge >= 0.3 is 5.97 Å². The van der Waals surface area contributed by atoms with E-state index in [1.165, 1.54) is 29.6 Å². The number of thiazole rings is 2. The topological polar surface area (TPSA) is 72.4 Å². The van der Waals surface area contributed by atoms with Crippen LogP contribution in [0.25, 0.3) is 0 Å². The van der Waals surface area contributed by atoms with Gasteiger partial charge in [0.25, 0.3) is 0 Å². The normalized spacial score (nSPS) is 10.8. The Bertz CT molecular complexity index is 1040. The van der Waals surface area contributed by atoms with Crippen molar-refractivity contribution in [3.8, 4) is 0 Å². The zero-order valence-electron chi connectivity index (χ0n) is 16.4. The molecule has 146 valence electrons. The molecule has 0 radical (unpaired) electrons. The molecule has 0 aliphatic rings. The predicted molar refractivity (Wildman–Crippen MR) is 112 cm³/mol. The Balaban J connectivity index is 1.78. The molecule has 6 nitrogen and oxygen atoms in total. The van der Waals surface area contributed by atoms with Crippen molar-refractivity contribution in [1.29, 1.82) is 0 Å². The van der Waals surface area contributed by atoms with Crippen LogP contribution in [0.1, 0.15) is 44.1 Å². The van der Waals surface area contributed by atoms with E-state index in [0.29, 0.717) is 21.4 Å². The standard InChI is InChI=1S/C20H21N3O3S2/c1-11-7-6-8-17(12(11)2)23(15(5)24)20-22-16(10-27-20)9-26-19(25)18-13(3)21-14(4)28-18/h6-8,10H,9H2,1-5H3. The number of rotatable bonds is 5. The molecule has 0 spiro atoms. The molecule has 1 amide bonds. The van der Waals surface area contributed by atoms with E-state index in [4.69, 9.17) is 4.74 Å². The molecule has 3 aromatic rings. The van der Waals surface area contributed by atoms with Crippen molar-refractivity contribution in [3.05, 3.63) is 56.0 Å². The first kappa shape index (κ1) is 20.2. The molecule has 28 heavy (non-hydrogen) atoms. The maximum Gasteiger partial charge on any atom is 0.350 e. The second-order valence-electron chi connectivity index (χ2n) is 6.42. The van der Waals surface area contributed by atoms with Crippen LogP contribution in [-0.2, 0) is 16.1 Å². The fourth-order valence-corrected chi connectivity index (χ4v) is 4.45. The number of nitrogens with zero attached hydrogens (tertiary/aromatic N) is 3. The Labute approximate surface area is 171 Å². The minimum absolute atomic E-state index is 0.0459. The van der Waals surface area contributed by atoms with Gasteiger partial charge in [-0.25, -0.2) is 14.8 Å². The van der Waals surface area contributed by atoms with Gasteiger partial charge in [-0.1, -0.05) is 12.1 Å². The lowest BCUT2D eigenvalue weighted by Crippen LogP contribution is -2.23. The number of esters is 1. The monoisotopic (exact) mass is 415 g/mol. The number of amides is 1. The number of benzene rings is 1. The third-order valence-electron chi connectivity index (χ3n) is 4.30. The van der Waals surface area contributed by atoms with Gasteiger partial charge in [0, 0.05) is 12.3 Å². The number of carbonyl (C=O) groups is 2. The van der Waals surface area contributed by atoms with Crippen LogP contribution >= 0.6 is 22.7 Å². The van der Waals surface area contributed by atoms with Gasteiger partial charge in [0.2, 0.25) is 5.91 Å². The summed E-state index contributed by atoms with van der Waals surface area (Å²) in [5, 5.41) is 3.18. The predicted octanol–water partition coefficient (Wildman–Crippen LogP) is 4.87. The summed E-state index contributed by atoms with van der Waals surface area (Å²) < 4.78 is 5.38. The lowest BCUT2D eigenvalue weighted by molar-refractivity contribution is -0.115. The summed E-state index contributed by atoms with van der Waals surface area (Å²) in [6.45, 7) is 9.19. The fraction of sp³-hybridized carbons (Fsp3) is 0.300. The lowest BCUT2D eigenvalue weighted by atomic mass is 10.1. The van der Waals surface area contributed by atoms with Crippen LogP contribution in [0.3, 0.4) is 0 Å². The molecule has 3 rings (SSSR count). The molecule has 2 aromatic heterocycles. The van der Waals surface area contributed by atoms with E-state index in [0.717, 1.165) is 21.8 Å². The molecule has 2 heterocycles. The average Bonchev–Trinajstić information content (AvgIpc) is 3.22. The van der Waals surface area contributed by atoms with Crippen LogP contribution in [0.5, 0.6) is 0 Å². The van der Waals surface area contributed by atoms with Crippen molar-refractivity contribution in [2.45, 2.75) is 41.2 Å². The summed E-state index contributed by atoms with van der Waals surface area (Å²) in [5.74, 6) is -0.530. The third kappa shape index (κ3) is 4.13. The second-order valence-corrected chi connectivity index (χ2v) is 8.46. The minimum atomic E-state index is -0.407. The zero-order valence-corrected chi connectivity index (χ0v) is 18.0. The van der Waals surface area contributed by atoms with E-state index in [1.54, 1.807) is 17.2 Å². The van der Waals surface area contributed by atoms with Crippen molar-refractivity contribution >= 4 is 45.4 Å². The highest BCUT2D eigenvalue weighted by atomic mass is 32.1. The first-order valence-electron chi connectivity index (χ1n) is 8.70. The number of anilines is 2. The molecule has 0 aliphatic heterocycles. The molecule has 1 aromatic carbocycles. The number of hydrogen-bond acceptors (Lipinski definition) is 7. The summed E-state index contributed by atoms with van der Waals surface area (Å²) in [6, 6.07) is 5.83. The minimum Gasteiger partial charge on any atom is -0.455 e. The Morgan fingerprint density at radius 1 is 1.14 bits per heavy atom. The summed E-state index contributed by atoms with van der Waals surface area (Å²) in [5.41, 5.74) is 4.20. The number of aryl methyl sites for hydroxylation is 3. The van der Waals surface area contributed by atoms with Gasteiger partial charge in [-0.05, 0) is 44.9 Å². The van der Waals surface area contributed by atoms with Gasteiger partial charge in [-0.15, -0.1) is 22.7 Å². The first-order valence-corrected chi connectivity index (χ1v) is 10.4. The SMILES string of the molecule is CC(=O)N(c1nc(COC(=O)c2sc(C)nc2C)cs1)c1cccc(C)c1C. The largest absolute Gasteiger partial charge is 0.455 e. The first-order chi connectivity index (χ1) is 13.3. The maximum atomic E-state index is 12.3. The van der Waals surface area contributed by atoms with Gasteiger partial charge in [0.15, 0.2) is 5.13 Å². The second kappa shape index (κ2) is 8.20. The fourth-order valence-electron chi connectivity index (χ4n) is 2.78. The van der Waals surface area contributed by atoms with Gasteiger partial charge in [0.1, 0.15) is 11.5 Å².